The SMILES string of the molecule is N#C[n+]1ccccc1-c1c[nH]c2ccccc12.[I-]. The Bertz CT molecular complexity index is 725. The van der Waals surface area contributed by atoms with Crippen molar-refractivity contribution in [3.05, 3.63) is 54.9 Å². The van der Waals surface area contributed by atoms with Crippen LogP contribution in [0.2, 0.25) is 0 Å². The first kappa shape index (κ1) is 12.6. The average Bonchev–Trinajstić information content (AvgIpc) is 2.82. The number of aromatic amines is 1. The second-order valence-corrected chi connectivity index (χ2v) is 3.80. The fourth-order valence-electron chi connectivity index (χ4n) is 2.03. The van der Waals surface area contributed by atoms with Gasteiger partial charge in [0.25, 0.3) is 0 Å². The fraction of sp³-hybridized carbons (Fsp3) is 0. The Morgan fingerprint density at radius 2 is 1.83 bits per heavy atom. The van der Waals surface area contributed by atoms with Crippen molar-refractivity contribution >= 4 is 10.9 Å². The van der Waals surface area contributed by atoms with Crippen LogP contribution < -0.4 is 28.5 Å². The largest absolute Gasteiger partial charge is 1.00 e. The highest BCUT2D eigenvalue weighted by molar-refractivity contribution is 5.93. The molecule has 0 unspecified atom stereocenters. The van der Waals surface area contributed by atoms with E-state index in [4.69, 9.17) is 5.26 Å². The lowest BCUT2D eigenvalue weighted by atomic mass is 10.1. The van der Waals surface area contributed by atoms with Gasteiger partial charge in [-0.15, -0.1) is 4.57 Å². The average molecular weight is 347 g/mol. The minimum absolute atomic E-state index is 0. The molecule has 1 aromatic carbocycles. The molecular weight excluding hydrogens is 337 g/mol. The summed E-state index contributed by atoms with van der Waals surface area (Å²) in [5.41, 5.74) is 3.02. The van der Waals surface area contributed by atoms with Crippen molar-refractivity contribution in [2.24, 2.45) is 0 Å². The third-order valence-electron chi connectivity index (χ3n) is 2.83. The summed E-state index contributed by atoms with van der Waals surface area (Å²) in [6, 6.07) is 13.8. The van der Waals surface area contributed by atoms with E-state index < -0.39 is 0 Å². The summed E-state index contributed by atoms with van der Waals surface area (Å²) in [5.74, 6) is 0. The fourth-order valence-corrected chi connectivity index (χ4v) is 2.03. The number of nitrogens with one attached hydrogen (secondary N) is 1. The van der Waals surface area contributed by atoms with Gasteiger partial charge in [0.2, 0.25) is 0 Å². The summed E-state index contributed by atoms with van der Waals surface area (Å²) in [5, 5.41) is 10.2. The van der Waals surface area contributed by atoms with Gasteiger partial charge in [0, 0.05) is 22.7 Å². The van der Waals surface area contributed by atoms with Gasteiger partial charge in [0.1, 0.15) is 6.20 Å². The number of nitriles is 1. The van der Waals surface area contributed by atoms with Crippen LogP contribution in [0.25, 0.3) is 22.2 Å². The molecule has 2 heterocycles. The number of aromatic nitrogens is 2. The molecule has 4 heteroatoms. The molecule has 0 amide bonds. The molecule has 1 N–H and O–H groups in total. The zero-order valence-electron chi connectivity index (χ0n) is 9.47. The van der Waals surface area contributed by atoms with Crippen molar-refractivity contribution in [1.82, 2.24) is 4.98 Å². The van der Waals surface area contributed by atoms with Crippen LogP contribution in [0.15, 0.2) is 54.9 Å². The van der Waals surface area contributed by atoms with Crippen molar-refractivity contribution in [2.75, 3.05) is 0 Å². The van der Waals surface area contributed by atoms with E-state index in [1.807, 2.05) is 42.6 Å². The molecule has 0 aliphatic heterocycles. The predicted molar refractivity (Wildman–Crippen MR) is 64.9 cm³/mol. The smallest absolute Gasteiger partial charge is 0.464 e. The van der Waals surface area contributed by atoms with Gasteiger partial charge in [-0.25, -0.2) is 0 Å². The lowest BCUT2D eigenvalue weighted by Gasteiger charge is -1.98. The minimum atomic E-state index is 0. The van der Waals surface area contributed by atoms with E-state index in [-0.39, 0.29) is 24.0 Å². The van der Waals surface area contributed by atoms with Crippen molar-refractivity contribution in [1.29, 1.82) is 5.26 Å². The molecule has 88 valence electrons. The highest BCUT2D eigenvalue weighted by Gasteiger charge is 2.12. The summed E-state index contributed by atoms with van der Waals surface area (Å²) in [6.45, 7) is 0. The van der Waals surface area contributed by atoms with Crippen LogP contribution in [0.3, 0.4) is 0 Å². The van der Waals surface area contributed by atoms with Gasteiger partial charge in [-0.3, -0.25) is 0 Å². The molecule has 0 fully saturated rings. The molecule has 0 saturated heterocycles. The molecule has 0 aliphatic carbocycles. The number of fused-ring (bicyclic) bond motifs is 1. The molecule has 0 atom stereocenters. The normalized spacial score (nSPS) is 9.72. The van der Waals surface area contributed by atoms with E-state index in [0.717, 1.165) is 22.2 Å². The lowest BCUT2D eigenvalue weighted by Crippen LogP contribution is -3.00. The van der Waals surface area contributed by atoms with Crippen molar-refractivity contribution in [3.8, 4) is 17.5 Å². The van der Waals surface area contributed by atoms with Crippen LogP contribution in [0.4, 0.5) is 0 Å². The third-order valence-corrected chi connectivity index (χ3v) is 2.83. The molecule has 0 bridgehead atoms. The topological polar surface area (TPSA) is 43.5 Å². The van der Waals surface area contributed by atoms with E-state index in [1.54, 1.807) is 10.8 Å². The standard InChI is InChI=1S/C14H9N3.HI/c15-10-17-8-4-3-7-14(17)12-9-16-13-6-2-1-5-11(12)13;/h1-9H;1H. The lowest BCUT2D eigenvalue weighted by molar-refractivity contribution is -0.574. The summed E-state index contributed by atoms with van der Waals surface area (Å²) in [6.07, 6.45) is 5.85. The molecule has 0 saturated carbocycles. The van der Waals surface area contributed by atoms with Crippen molar-refractivity contribution in [2.45, 2.75) is 0 Å². The van der Waals surface area contributed by atoms with Gasteiger partial charge in [-0.2, -0.15) is 0 Å². The van der Waals surface area contributed by atoms with Crippen molar-refractivity contribution < 1.29 is 28.5 Å². The number of H-pyrrole nitrogens is 1. The van der Waals surface area contributed by atoms with Gasteiger partial charge >= 0.3 is 6.19 Å². The zero-order chi connectivity index (χ0) is 11.7. The predicted octanol–water partition coefficient (Wildman–Crippen LogP) is -0.544. The Morgan fingerprint density at radius 3 is 2.67 bits per heavy atom. The number of hydrogen-bond donors (Lipinski definition) is 1. The maximum Gasteiger partial charge on any atom is 0.464 e. The Kier molecular flexibility index (Phi) is 3.63. The second-order valence-electron chi connectivity index (χ2n) is 3.80. The molecule has 3 nitrogen and oxygen atoms in total. The maximum absolute atomic E-state index is 9.09. The second kappa shape index (κ2) is 5.19. The molecule has 18 heavy (non-hydrogen) atoms. The van der Waals surface area contributed by atoms with Gasteiger partial charge in [0.15, 0.2) is 11.0 Å². The molecular formula is C14H10IN3. The van der Waals surface area contributed by atoms with Crippen LogP contribution in [0.5, 0.6) is 0 Å². The van der Waals surface area contributed by atoms with E-state index in [1.165, 1.54) is 0 Å². The van der Waals surface area contributed by atoms with Gasteiger partial charge in [-0.1, -0.05) is 24.3 Å². The molecule has 0 aliphatic rings. The number of halogens is 1. The quantitative estimate of drug-likeness (QED) is 0.466. The number of hydrogen-bond acceptors (Lipinski definition) is 1. The first-order chi connectivity index (χ1) is 8.40. The number of pyridine rings is 1. The van der Waals surface area contributed by atoms with Crippen LogP contribution >= 0.6 is 0 Å². The van der Waals surface area contributed by atoms with Gasteiger partial charge in [-0.05, 0) is 18.2 Å². The Hall–Kier alpha value is -1.87. The number of rotatable bonds is 1. The Morgan fingerprint density at radius 1 is 1.06 bits per heavy atom. The summed E-state index contributed by atoms with van der Waals surface area (Å²) in [7, 11) is 0. The monoisotopic (exact) mass is 347 g/mol. The highest BCUT2D eigenvalue weighted by atomic mass is 127. The number of benzene rings is 1. The Balaban J connectivity index is 0.00000120. The first-order valence-corrected chi connectivity index (χ1v) is 5.37. The van der Waals surface area contributed by atoms with Crippen molar-refractivity contribution in [3.63, 3.8) is 0 Å². The maximum atomic E-state index is 9.09. The summed E-state index contributed by atoms with van der Waals surface area (Å²) in [4.78, 5) is 3.22. The zero-order valence-corrected chi connectivity index (χ0v) is 11.6. The van der Waals surface area contributed by atoms with E-state index in [0.29, 0.717) is 0 Å². The Labute approximate surface area is 122 Å². The van der Waals surface area contributed by atoms with Crippen LogP contribution in [-0.4, -0.2) is 4.98 Å². The number of para-hydroxylation sites is 1. The van der Waals surface area contributed by atoms with Crippen LogP contribution in [0.1, 0.15) is 0 Å². The van der Waals surface area contributed by atoms with Gasteiger partial charge < -0.3 is 29.0 Å². The highest BCUT2D eigenvalue weighted by Crippen LogP contribution is 2.25. The van der Waals surface area contributed by atoms with E-state index >= 15 is 0 Å². The molecule has 3 rings (SSSR count). The summed E-state index contributed by atoms with van der Waals surface area (Å²) < 4.78 is 1.57. The number of nitrogens with zero attached hydrogens (tertiary/aromatic N) is 2. The van der Waals surface area contributed by atoms with E-state index in [9.17, 15) is 0 Å². The molecule has 0 radical (unpaired) electrons. The third kappa shape index (κ3) is 1.97. The molecule has 3 aromatic rings. The summed E-state index contributed by atoms with van der Waals surface area (Å²) >= 11 is 0. The molecule has 0 spiro atoms. The van der Waals surface area contributed by atoms with Gasteiger partial charge in [0.05, 0.1) is 0 Å². The van der Waals surface area contributed by atoms with Crippen LogP contribution in [0, 0.1) is 11.5 Å². The van der Waals surface area contributed by atoms with Crippen LogP contribution in [-0.2, 0) is 0 Å². The van der Waals surface area contributed by atoms with E-state index in [2.05, 4.69) is 17.2 Å². The molecule has 2 aromatic heterocycles. The first-order valence-electron chi connectivity index (χ1n) is 5.37. The minimum Gasteiger partial charge on any atom is -1.00 e.